The van der Waals surface area contributed by atoms with Gasteiger partial charge >= 0.3 is 0 Å². The first-order valence-electron chi connectivity index (χ1n) is 5.49. The minimum absolute atomic E-state index is 0.389. The van der Waals surface area contributed by atoms with Crippen LogP contribution >= 0.6 is 0 Å². The van der Waals surface area contributed by atoms with E-state index >= 15 is 0 Å². The Labute approximate surface area is 92.5 Å². The largest absolute Gasteiger partial charge is 0.508 e. The van der Waals surface area contributed by atoms with Crippen LogP contribution in [0.5, 0.6) is 5.75 Å². The summed E-state index contributed by atoms with van der Waals surface area (Å²) in [5.41, 5.74) is 0.993. The fourth-order valence-electron chi connectivity index (χ4n) is 1.57. The van der Waals surface area contributed by atoms with Crippen LogP contribution in [0, 0.1) is 5.92 Å². The highest BCUT2D eigenvalue weighted by atomic mass is 16.3. The standard InChI is InChI=1S/C13H21NO/c1-10(2)11(3)14(4)9-12-7-5-6-8-13(12)15/h5-8,10-11,15H,9H2,1-4H3. The number of phenolic OH excluding ortho intramolecular Hbond substituents is 1. The molecule has 0 heterocycles. The van der Waals surface area contributed by atoms with Gasteiger partial charge in [0.1, 0.15) is 5.75 Å². The number of para-hydroxylation sites is 1. The van der Waals surface area contributed by atoms with Gasteiger partial charge in [-0.25, -0.2) is 0 Å². The molecule has 1 aromatic carbocycles. The van der Waals surface area contributed by atoms with Crippen LogP contribution in [-0.4, -0.2) is 23.1 Å². The highest BCUT2D eigenvalue weighted by molar-refractivity contribution is 5.31. The molecule has 0 saturated carbocycles. The maximum atomic E-state index is 9.65. The summed E-state index contributed by atoms with van der Waals surface area (Å²) in [7, 11) is 2.09. The van der Waals surface area contributed by atoms with E-state index in [1.807, 2.05) is 18.2 Å². The molecule has 1 unspecified atom stereocenters. The summed E-state index contributed by atoms with van der Waals surface area (Å²) in [6, 6.07) is 8.04. The van der Waals surface area contributed by atoms with Gasteiger partial charge in [0.05, 0.1) is 0 Å². The Bertz CT molecular complexity index is 309. The van der Waals surface area contributed by atoms with Crippen molar-refractivity contribution in [2.45, 2.75) is 33.4 Å². The molecule has 1 rings (SSSR count). The Balaban J connectivity index is 2.66. The van der Waals surface area contributed by atoms with Crippen LogP contribution in [0.4, 0.5) is 0 Å². The summed E-state index contributed by atoms with van der Waals surface area (Å²) in [5.74, 6) is 1.01. The third-order valence-electron chi connectivity index (χ3n) is 3.07. The number of aromatic hydroxyl groups is 1. The van der Waals surface area contributed by atoms with Crippen molar-refractivity contribution in [1.29, 1.82) is 0 Å². The van der Waals surface area contributed by atoms with E-state index in [0.29, 0.717) is 17.7 Å². The molecule has 0 amide bonds. The molecule has 0 spiro atoms. The lowest BCUT2D eigenvalue weighted by molar-refractivity contribution is 0.198. The number of phenols is 1. The fourth-order valence-corrected chi connectivity index (χ4v) is 1.57. The predicted octanol–water partition coefficient (Wildman–Crippen LogP) is 2.87. The summed E-state index contributed by atoms with van der Waals surface area (Å²) >= 11 is 0. The molecule has 2 heteroatoms. The van der Waals surface area contributed by atoms with Crippen LogP contribution in [0.1, 0.15) is 26.3 Å². The van der Waals surface area contributed by atoms with E-state index in [1.54, 1.807) is 6.07 Å². The molecule has 0 fully saturated rings. The molecule has 1 atom stereocenters. The first-order valence-corrected chi connectivity index (χ1v) is 5.49. The number of hydrogen-bond donors (Lipinski definition) is 1. The zero-order valence-corrected chi connectivity index (χ0v) is 10.1. The van der Waals surface area contributed by atoms with E-state index in [-0.39, 0.29) is 0 Å². The first-order chi connectivity index (χ1) is 7.02. The van der Waals surface area contributed by atoms with E-state index in [0.717, 1.165) is 12.1 Å². The zero-order chi connectivity index (χ0) is 11.4. The van der Waals surface area contributed by atoms with Gasteiger partial charge in [-0.3, -0.25) is 4.90 Å². The van der Waals surface area contributed by atoms with Gasteiger partial charge in [0.2, 0.25) is 0 Å². The Morgan fingerprint density at radius 1 is 1.20 bits per heavy atom. The van der Waals surface area contributed by atoms with Crippen LogP contribution in [0.25, 0.3) is 0 Å². The Kier molecular flexibility index (Phi) is 4.15. The molecule has 0 aliphatic heterocycles. The van der Waals surface area contributed by atoms with Crippen molar-refractivity contribution in [3.63, 3.8) is 0 Å². The van der Waals surface area contributed by atoms with Gasteiger partial charge in [-0.05, 0) is 26.0 Å². The molecule has 0 aliphatic carbocycles. The van der Waals surface area contributed by atoms with Gasteiger partial charge in [-0.1, -0.05) is 32.0 Å². The molecular weight excluding hydrogens is 186 g/mol. The lowest BCUT2D eigenvalue weighted by Crippen LogP contribution is -2.32. The number of nitrogens with zero attached hydrogens (tertiary/aromatic N) is 1. The number of hydrogen-bond acceptors (Lipinski definition) is 2. The average Bonchev–Trinajstić information content (AvgIpc) is 2.20. The minimum Gasteiger partial charge on any atom is -0.508 e. The molecule has 1 N–H and O–H groups in total. The molecule has 0 aromatic heterocycles. The summed E-state index contributed by atoms with van der Waals surface area (Å²) < 4.78 is 0. The van der Waals surface area contributed by atoms with E-state index in [9.17, 15) is 5.11 Å². The van der Waals surface area contributed by atoms with Crippen molar-refractivity contribution in [1.82, 2.24) is 4.90 Å². The molecular formula is C13H21NO. The smallest absolute Gasteiger partial charge is 0.120 e. The van der Waals surface area contributed by atoms with Crippen molar-refractivity contribution in [3.05, 3.63) is 29.8 Å². The molecule has 0 radical (unpaired) electrons. The summed E-state index contributed by atoms with van der Waals surface area (Å²) in [6.45, 7) is 7.44. The Morgan fingerprint density at radius 3 is 2.33 bits per heavy atom. The van der Waals surface area contributed by atoms with Crippen molar-refractivity contribution >= 4 is 0 Å². The molecule has 0 bridgehead atoms. The molecule has 2 nitrogen and oxygen atoms in total. The monoisotopic (exact) mass is 207 g/mol. The zero-order valence-electron chi connectivity index (χ0n) is 10.1. The van der Waals surface area contributed by atoms with Crippen molar-refractivity contribution in [3.8, 4) is 5.75 Å². The fraction of sp³-hybridized carbons (Fsp3) is 0.538. The van der Waals surface area contributed by atoms with Gasteiger partial charge < -0.3 is 5.11 Å². The quantitative estimate of drug-likeness (QED) is 0.820. The van der Waals surface area contributed by atoms with Crippen LogP contribution in [0.3, 0.4) is 0 Å². The minimum atomic E-state index is 0.389. The molecule has 15 heavy (non-hydrogen) atoms. The molecule has 0 aliphatic rings. The summed E-state index contributed by atoms with van der Waals surface area (Å²) in [5, 5.41) is 9.65. The average molecular weight is 207 g/mol. The van der Waals surface area contributed by atoms with Gasteiger partial charge in [-0.15, -0.1) is 0 Å². The van der Waals surface area contributed by atoms with Crippen molar-refractivity contribution in [2.75, 3.05) is 7.05 Å². The topological polar surface area (TPSA) is 23.5 Å². The lowest BCUT2D eigenvalue weighted by Gasteiger charge is -2.28. The summed E-state index contributed by atoms with van der Waals surface area (Å²) in [6.07, 6.45) is 0. The van der Waals surface area contributed by atoms with Gasteiger partial charge in [0.25, 0.3) is 0 Å². The molecule has 1 aromatic rings. The van der Waals surface area contributed by atoms with E-state index in [2.05, 4.69) is 32.7 Å². The van der Waals surface area contributed by atoms with E-state index in [4.69, 9.17) is 0 Å². The van der Waals surface area contributed by atoms with Crippen molar-refractivity contribution in [2.24, 2.45) is 5.92 Å². The third kappa shape index (κ3) is 3.24. The SMILES string of the molecule is CC(C)C(C)N(C)Cc1ccccc1O. The highest BCUT2D eigenvalue weighted by Crippen LogP contribution is 2.19. The Hall–Kier alpha value is -1.02. The maximum Gasteiger partial charge on any atom is 0.120 e. The lowest BCUT2D eigenvalue weighted by atomic mass is 10.0. The highest BCUT2D eigenvalue weighted by Gasteiger charge is 2.14. The number of rotatable bonds is 4. The van der Waals surface area contributed by atoms with E-state index < -0.39 is 0 Å². The second kappa shape index (κ2) is 5.17. The second-order valence-corrected chi connectivity index (χ2v) is 4.53. The summed E-state index contributed by atoms with van der Waals surface area (Å²) in [4.78, 5) is 2.26. The van der Waals surface area contributed by atoms with E-state index in [1.165, 1.54) is 0 Å². The van der Waals surface area contributed by atoms with Crippen LogP contribution < -0.4 is 0 Å². The third-order valence-corrected chi connectivity index (χ3v) is 3.07. The van der Waals surface area contributed by atoms with Gasteiger partial charge in [-0.2, -0.15) is 0 Å². The first kappa shape index (κ1) is 12.1. The Morgan fingerprint density at radius 2 is 1.80 bits per heavy atom. The van der Waals surface area contributed by atoms with Crippen LogP contribution in [0.15, 0.2) is 24.3 Å². The second-order valence-electron chi connectivity index (χ2n) is 4.53. The molecule has 84 valence electrons. The van der Waals surface area contributed by atoms with Crippen molar-refractivity contribution < 1.29 is 5.11 Å². The normalized spacial score (nSPS) is 13.5. The van der Waals surface area contributed by atoms with Crippen LogP contribution in [-0.2, 0) is 6.54 Å². The number of benzene rings is 1. The van der Waals surface area contributed by atoms with Gasteiger partial charge in [0, 0.05) is 18.2 Å². The van der Waals surface area contributed by atoms with Crippen LogP contribution in [0.2, 0.25) is 0 Å². The molecule has 0 saturated heterocycles. The van der Waals surface area contributed by atoms with Gasteiger partial charge in [0.15, 0.2) is 0 Å². The maximum absolute atomic E-state index is 9.65. The predicted molar refractivity (Wildman–Crippen MR) is 63.9 cm³/mol.